The number of aliphatic hydroxyl groups excluding tert-OH is 1. The van der Waals surface area contributed by atoms with E-state index in [0.29, 0.717) is 25.7 Å². The summed E-state index contributed by atoms with van der Waals surface area (Å²) in [5, 5.41) is 10.6. The number of carbonyl (C=O) groups is 4. The fourth-order valence-corrected chi connectivity index (χ4v) is 12.9. The maximum Gasteiger partial charge on any atom is 0.472 e. The monoisotopic (exact) mass is 1430 g/mol. The number of unbranched alkanes of at least 4 members (excludes halogenated alkanes) is 42. The van der Waals surface area contributed by atoms with Crippen molar-refractivity contribution in [2.24, 2.45) is 0 Å². The van der Waals surface area contributed by atoms with E-state index in [2.05, 4.69) is 76.3 Å². The number of carbonyl (C=O) groups excluding carboxylic acids is 4. The van der Waals surface area contributed by atoms with Crippen molar-refractivity contribution in [2.45, 2.75) is 393 Å². The number of hydrogen-bond acceptors (Lipinski definition) is 15. The molecule has 0 fully saturated rings. The number of hydrogen-bond donors (Lipinski definition) is 3. The van der Waals surface area contributed by atoms with E-state index in [1.165, 1.54) is 173 Å². The molecule has 0 aromatic rings. The van der Waals surface area contributed by atoms with Crippen LogP contribution in [0.3, 0.4) is 0 Å². The van der Waals surface area contributed by atoms with Gasteiger partial charge in [-0.3, -0.25) is 37.3 Å². The smallest absolute Gasteiger partial charge is 0.462 e. The summed E-state index contributed by atoms with van der Waals surface area (Å²) in [5.74, 6) is -2.16. The van der Waals surface area contributed by atoms with Crippen molar-refractivity contribution in [2.75, 3.05) is 39.6 Å². The standard InChI is InChI=1S/C79H146O17P2/c1-5-9-13-17-21-25-29-33-35-36-38-42-44-48-52-56-60-64-77(82)90-70-75(96-79(84)66-62-58-54-50-46-40-32-28-24-20-16-12-8-4)72-94-98(87,88)92-68-73(80)67-91-97(85,86)93-71-74(95-78(83)65-61-57-53-49-45-39-31-27-23-19-15-11-7-3)69-89-76(81)63-59-55-51-47-43-41-37-34-30-26-22-18-14-10-6-2/h9,13,21,25,33,35,38,42,73-75,80H,5-8,10-12,14-20,22-24,26-32,34,36-37,39-41,43-72H2,1-4H3,(H,85,86)(H,87,88)/b13-9-,25-21-,35-33-,42-38-. The Bertz CT molecular complexity index is 2050. The molecule has 0 radical (unpaired) electrons. The predicted octanol–water partition coefficient (Wildman–Crippen LogP) is 22.9. The summed E-state index contributed by atoms with van der Waals surface area (Å²) in [7, 11) is -9.93. The van der Waals surface area contributed by atoms with Gasteiger partial charge in [-0.1, -0.05) is 333 Å². The molecule has 0 bridgehead atoms. The van der Waals surface area contributed by atoms with E-state index < -0.39 is 97.5 Å². The van der Waals surface area contributed by atoms with E-state index in [-0.39, 0.29) is 25.7 Å². The average Bonchev–Trinajstić information content (AvgIpc) is 0.969. The van der Waals surface area contributed by atoms with Gasteiger partial charge in [0.1, 0.15) is 19.3 Å². The molecule has 0 rings (SSSR count). The molecule has 0 aliphatic rings. The predicted molar refractivity (Wildman–Crippen MR) is 400 cm³/mol. The van der Waals surface area contributed by atoms with Crippen LogP contribution in [-0.4, -0.2) is 96.7 Å². The maximum absolute atomic E-state index is 13.1. The van der Waals surface area contributed by atoms with Gasteiger partial charge in [-0.2, -0.15) is 0 Å². The van der Waals surface area contributed by atoms with Gasteiger partial charge in [-0.15, -0.1) is 0 Å². The second kappa shape index (κ2) is 72.4. The van der Waals surface area contributed by atoms with Crippen LogP contribution in [0.15, 0.2) is 48.6 Å². The van der Waals surface area contributed by atoms with Crippen LogP contribution in [0.5, 0.6) is 0 Å². The summed E-state index contributed by atoms with van der Waals surface area (Å²) >= 11 is 0. The van der Waals surface area contributed by atoms with E-state index in [4.69, 9.17) is 37.0 Å². The van der Waals surface area contributed by atoms with E-state index in [9.17, 15) is 43.2 Å². The molecule has 0 aromatic heterocycles. The van der Waals surface area contributed by atoms with Crippen LogP contribution in [0, 0.1) is 0 Å². The zero-order chi connectivity index (χ0) is 71.8. The fourth-order valence-electron chi connectivity index (χ4n) is 11.3. The van der Waals surface area contributed by atoms with Crippen LogP contribution >= 0.6 is 15.6 Å². The van der Waals surface area contributed by atoms with Crippen LogP contribution in [-0.2, 0) is 65.4 Å². The molecular weight excluding hydrogens is 1280 g/mol. The molecule has 0 aliphatic carbocycles. The largest absolute Gasteiger partial charge is 0.472 e. The Hall–Kier alpha value is -2.98. The molecule has 17 nitrogen and oxygen atoms in total. The van der Waals surface area contributed by atoms with Crippen molar-refractivity contribution in [3.63, 3.8) is 0 Å². The Balaban J connectivity index is 5.30. The van der Waals surface area contributed by atoms with Gasteiger partial charge in [0.25, 0.3) is 0 Å². The van der Waals surface area contributed by atoms with Gasteiger partial charge in [0.2, 0.25) is 0 Å². The van der Waals surface area contributed by atoms with Crippen LogP contribution < -0.4 is 0 Å². The second-order valence-electron chi connectivity index (χ2n) is 27.0. The molecule has 19 heteroatoms. The molecule has 0 saturated carbocycles. The summed E-state index contributed by atoms with van der Waals surface area (Å²) in [6.45, 7) is 4.82. The zero-order valence-corrected chi connectivity index (χ0v) is 64.5. The van der Waals surface area contributed by atoms with Crippen molar-refractivity contribution in [3.05, 3.63) is 48.6 Å². The molecule has 574 valence electrons. The van der Waals surface area contributed by atoms with Gasteiger partial charge < -0.3 is 33.8 Å². The number of esters is 4. The number of rotatable bonds is 76. The highest BCUT2D eigenvalue weighted by atomic mass is 31.2. The lowest BCUT2D eigenvalue weighted by Crippen LogP contribution is -2.30. The molecule has 3 N–H and O–H groups in total. The van der Waals surface area contributed by atoms with Gasteiger partial charge in [-0.25, -0.2) is 9.13 Å². The van der Waals surface area contributed by atoms with Crippen molar-refractivity contribution >= 4 is 39.5 Å². The zero-order valence-electron chi connectivity index (χ0n) is 62.7. The first-order chi connectivity index (χ1) is 47.7. The molecule has 0 aromatic carbocycles. The third-order valence-electron chi connectivity index (χ3n) is 17.3. The number of allylic oxidation sites excluding steroid dienone is 8. The summed E-state index contributed by atoms with van der Waals surface area (Å²) in [6.07, 6.45) is 69.4. The fraction of sp³-hybridized carbons (Fsp3) is 0.848. The molecular formula is C79H146O17P2. The normalized spacial score (nSPS) is 14.2. The minimum Gasteiger partial charge on any atom is -0.462 e. The summed E-state index contributed by atoms with van der Waals surface area (Å²) < 4.78 is 68.6. The summed E-state index contributed by atoms with van der Waals surface area (Å²) in [4.78, 5) is 72.9. The first-order valence-corrected chi connectivity index (χ1v) is 42.9. The highest BCUT2D eigenvalue weighted by Gasteiger charge is 2.30. The van der Waals surface area contributed by atoms with Gasteiger partial charge in [-0.05, 0) is 64.2 Å². The summed E-state index contributed by atoms with van der Waals surface area (Å²) in [6, 6.07) is 0. The molecule has 5 atom stereocenters. The lowest BCUT2D eigenvalue weighted by molar-refractivity contribution is -0.161. The number of aliphatic hydroxyl groups is 1. The van der Waals surface area contributed by atoms with E-state index >= 15 is 0 Å². The molecule has 0 aliphatic heterocycles. The van der Waals surface area contributed by atoms with Gasteiger partial charge in [0, 0.05) is 25.7 Å². The van der Waals surface area contributed by atoms with E-state index in [1.807, 2.05) is 0 Å². The van der Waals surface area contributed by atoms with Gasteiger partial charge in [0.05, 0.1) is 26.4 Å². The molecule has 0 spiro atoms. The number of ether oxygens (including phenoxy) is 4. The molecule has 0 saturated heterocycles. The Morgan fingerprint density at radius 2 is 0.531 bits per heavy atom. The first kappa shape index (κ1) is 95.0. The minimum absolute atomic E-state index is 0.0967. The Labute approximate surface area is 597 Å². The Kier molecular flexibility index (Phi) is 70.2. The quantitative estimate of drug-likeness (QED) is 0.0169. The Morgan fingerprint density at radius 3 is 0.816 bits per heavy atom. The third kappa shape index (κ3) is 71.4. The Morgan fingerprint density at radius 1 is 0.296 bits per heavy atom. The lowest BCUT2D eigenvalue weighted by Gasteiger charge is -2.21. The molecule has 0 amide bonds. The van der Waals surface area contributed by atoms with Crippen molar-refractivity contribution in [3.8, 4) is 0 Å². The summed E-state index contributed by atoms with van der Waals surface area (Å²) in [5.41, 5.74) is 0. The SMILES string of the molecule is CC/C=C\C/C=C\C/C=C\C/C=C\CCCCCCC(=O)OCC(COP(=O)(O)OCC(O)COP(=O)(O)OCC(COC(=O)CCCCCCCCCCCCCCCCC)OC(=O)CCCCCCCCCCCCCCC)OC(=O)CCCCCCCCCCCCCCC. The second-order valence-corrected chi connectivity index (χ2v) is 29.9. The highest BCUT2D eigenvalue weighted by Crippen LogP contribution is 2.45. The van der Waals surface area contributed by atoms with Crippen LogP contribution in [0.4, 0.5) is 0 Å². The van der Waals surface area contributed by atoms with E-state index in [1.54, 1.807) is 0 Å². The number of phosphoric ester groups is 2. The highest BCUT2D eigenvalue weighted by molar-refractivity contribution is 7.47. The van der Waals surface area contributed by atoms with Crippen LogP contribution in [0.2, 0.25) is 0 Å². The maximum atomic E-state index is 13.1. The van der Waals surface area contributed by atoms with E-state index in [0.717, 1.165) is 122 Å². The molecule has 0 heterocycles. The lowest BCUT2D eigenvalue weighted by atomic mass is 10.0. The van der Waals surface area contributed by atoms with Crippen molar-refractivity contribution < 1.29 is 80.2 Å². The average molecular weight is 1430 g/mol. The van der Waals surface area contributed by atoms with Crippen molar-refractivity contribution in [1.29, 1.82) is 0 Å². The van der Waals surface area contributed by atoms with Crippen LogP contribution in [0.1, 0.15) is 374 Å². The van der Waals surface area contributed by atoms with Gasteiger partial charge in [0.15, 0.2) is 12.2 Å². The first-order valence-electron chi connectivity index (χ1n) is 39.9. The van der Waals surface area contributed by atoms with Gasteiger partial charge >= 0.3 is 39.5 Å². The van der Waals surface area contributed by atoms with Crippen LogP contribution in [0.25, 0.3) is 0 Å². The molecule has 98 heavy (non-hydrogen) atoms. The topological polar surface area (TPSA) is 237 Å². The third-order valence-corrected chi connectivity index (χ3v) is 19.2. The molecule has 5 unspecified atom stereocenters. The number of phosphoric acid groups is 2. The minimum atomic E-state index is -4.97. The van der Waals surface area contributed by atoms with Crippen molar-refractivity contribution in [1.82, 2.24) is 0 Å².